The minimum absolute atomic E-state index is 0.648. The zero-order chi connectivity index (χ0) is 12.3. The second-order valence-corrected chi connectivity index (χ2v) is 4.37. The highest BCUT2D eigenvalue weighted by molar-refractivity contribution is 6.30. The van der Waals surface area contributed by atoms with Crippen molar-refractivity contribution in [1.82, 2.24) is 4.98 Å². The van der Waals surface area contributed by atoms with Crippen molar-refractivity contribution in [3.63, 3.8) is 0 Å². The first kappa shape index (κ1) is 11.7. The number of hydrogen-bond donors (Lipinski definition) is 1. The lowest BCUT2D eigenvalue weighted by Crippen LogP contribution is -2.17. The molecule has 0 radical (unpaired) electrons. The maximum absolute atomic E-state index is 5.80. The molecule has 1 aromatic heterocycles. The van der Waals surface area contributed by atoms with E-state index in [4.69, 9.17) is 17.3 Å². The Balaban J connectivity index is 2.08. The molecule has 3 nitrogen and oxygen atoms in total. The van der Waals surface area contributed by atoms with Crippen molar-refractivity contribution in [3.05, 3.63) is 53.2 Å². The van der Waals surface area contributed by atoms with Crippen LogP contribution in [0.1, 0.15) is 5.56 Å². The molecule has 0 bridgehead atoms. The van der Waals surface area contributed by atoms with Crippen LogP contribution in [0.5, 0.6) is 0 Å². The number of halogens is 1. The molecule has 0 spiro atoms. The molecule has 0 saturated heterocycles. The second kappa shape index (κ2) is 5.06. The molecule has 1 heterocycles. The molecule has 0 aliphatic rings. The molecule has 2 rings (SSSR count). The summed E-state index contributed by atoms with van der Waals surface area (Å²) in [6.07, 6.45) is 1.65. The highest BCUT2D eigenvalue weighted by Crippen LogP contribution is 2.15. The normalized spacial score (nSPS) is 10.2. The van der Waals surface area contributed by atoms with Gasteiger partial charge in [-0.15, -0.1) is 0 Å². The van der Waals surface area contributed by atoms with E-state index < -0.39 is 0 Å². The molecular formula is C13H14ClN3. The van der Waals surface area contributed by atoms with Gasteiger partial charge in [-0.05, 0) is 29.8 Å². The van der Waals surface area contributed by atoms with Crippen LogP contribution in [0, 0.1) is 0 Å². The van der Waals surface area contributed by atoms with Crippen LogP contribution in [0.15, 0.2) is 42.6 Å². The van der Waals surface area contributed by atoms with E-state index in [0.717, 1.165) is 18.1 Å². The monoisotopic (exact) mass is 247 g/mol. The van der Waals surface area contributed by atoms with Crippen molar-refractivity contribution in [2.24, 2.45) is 0 Å². The number of benzene rings is 1. The van der Waals surface area contributed by atoms with Crippen molar-refractivity contribution in [2.75, 3.05) is 17.7 Å². The molecule has 2 N–H and O–H groups in total. The van der Waals surface area contributed by atoms with Gasteiger partial charge < -0.3 is 10.6 Å². The molecule has 4 heteroatoms. The van der Waals surface area contributed by atoms with Gasteiger partial charge in [0.05, 0.1) is 5.02 Å². The summed E-state index contributed by atoms with van der Waals surface area (Å²) in [6.45, 7) is 0.787. The topological polar surface area (TPSA) is 42.1 Å². The summed E-state index contributed by atoms with van der Waals surface area (Å²) in [4.78, 5) is 6.32. The van der Waals surface area contributed by atoms with Gasteiger partial charge in [0.2, 0.25) is 0 Å². The molecule has 0 amide bonds. The largest absolute Gasteiger partial charge is 0.399 e. The summed E-state index contributed by atoms with van der Waals surface area (Å²) in [6, 6.07) is 11.6. The standard InChI is InChI=1S/C13H14ClN3/c1-17(13-7-4-11(14)8-16-13)9-10-2-5-12(15)6-3-10/h2-8H,9,15H2,1H3. The molecule has 1 aromatic carbocycles. The van der Waals surface area contributed by atoms with Crippen LogP contribution in [-0.2, 0) is 6.54 Å². The van der Waals surface area contributed by atoms with E-state index in [1.165, 1.54) is 5.56 Å². The number of nitrogen functional groups attached to an aromatic ring is 1. The fraction of sp³-hybridized carbons (Fsp3) is 0.154. The van der Waals surface area contributed by atoms with Gasteiger partial charge in [0.1, 0.15) is 5.82 Å². The Labute approximate surface area is 106 Å². The van der Waals surface area contributed by atoms with Crippen molar-refractivity contribution in [1.29, 1.82) is 0 Å². The van der Waals surface area contributed by atoms with E-state index >= 15 is 0 Å². The van der Waals surface area contributed by atoms with Crippen LogP contribution in [0.3, 0.4) is 0 Å². The number of nitrogens with two attached hydrogens (primary N) is 1. The molecule has 0 saturated carbocycles. The quantitative estimate of drug-likeness (QED) is 0.848. The van der Waals surface area contributed by atoms with Crippen molar-refractivity contribution in [2.45, 2.75) is 6.54 Å². The number of hydrogen-bond acceptors (Lipinski definition) is 3. The molecule has 2 aromatic rings. The third-order valence-corrected chi connectivity index (χ3v) is 2.73. The maximum Gasteiger partial charge on any atom is 0.128 e. The lowest BCUT2D eigenvalue weighted by atomic mass is 10.2. The Morgan fingerprint density at radius 3 is 2.47 bits per heavy atom. The zero-order valence-electron chi connectivity index (χ0n) is 9.60. The van der Waals surface area contributed by atoms with E-state index in [0.29, 0.717) is 5.02 Å². The van der Waals surface area contributed by atoms with Gasteiger partial charge in [-0.3, -0.25) is 0 Å². The van der Waals surface area contributed by atoms with Gasteiger partial charge in [-0.25, -0.2) is 4.98 Å². The van der Waals surface area contributed by atoms with Gasteiger partial charge in [-0.2, -0.15) is 0 Å². The predicted molar refractivity (Wildman–Crippen MR) is 72.2 cm³/mol. The van der Waals surface area contributed by atoms with Crippen LogP contribution in [0.25, 0.3) is 0 Å². The zero-order valence-corrected chi connectivity index (χ0v) is 10.4. The van der Waals surface area contributed by atoms with Crippen LogP contribution in [0.4, 0.5) is 11.5 Å². The van der Waals surface area contributed by atoms with E-state index in [1.807, 2.05) is 43.4 Å². The smallest absolute Gasteiger partial charge is 0.128 e. The van der Waals surface area contributed by atoms with Crippen molar-refractivity contribution in [3.8, 4) is 0 Å². The van der Waals surface area contributed by atoms with E-state index in [-0.39, 0.29) is 0 Å². The van der Waals surface area contributed by atoms with Gasteiger partial charge in [0.15, 0.2) is 0 Å². The first-order valence-electron chi connectivity index (χ1n) is 5.32. The van der Waals surface area contributed by atoms with Gasteiger partial charge in [0.25, 0.3) is 0 Å². The highest BCUT2D eigenvalue weighted by Gasteiger charge is 2.03. The highest BCUT2D eigenvalue weighted by atomic mass is 35.5. The summed E-state index contributed by atoms with van der Waals surface area (Å²) >= 11 is 5.80. The summed E-state index contributed by atoms with van der Waals surface area (Å²) in [7, 11) is 1.99. The Kier molecular flexibility index (Phi) is 3.49. The van der Waals surface area contributed by atoms with E-state index in [2.05, 4.69) is 9.88 Å². The Hall–Kier alpha value is -1.74. The Morgan fingerprint density at radius 2 is 1.88 bits per heavy atom. The average molecular weight is 248 g/mol. The molecule has 0 fully saturated rings. The van der Waals surface area contributed by atoms with Gasteiger partial charge >= 0.3 is 0 Å². The van der Waals surface area contributed by atoms with Gasteiger partial charge in [0, 0.05) is 25.5 Å². The fourth-order valence-corrected chi connectivity index (χ4v) is 1.68. The predicted octanol–water partition coefficient (Wildman–Crippen LogP) is 2.95. The number of rotatable bonds is 3. The van der Waals surface area contributed by atoms with Gasteiger partial charge in [-0.1, -0.05) is 23.7 Å². The molecule has 17 heavy (non-hydrogen) atoms. The number of aromatic nitrogens is 1. The fourth-order valence-electron chi connectivity index (χ4n) is 1.57. The SMILES string of the molecule is CN(Cc1ccc(N)cc1)c1ccc(Cl)cn1. The van der Waals surface area contributed by atoms with E-state index in [1.54, 1.807) is 6.20 Å². The Bertz CT molecular complexity index is 479. The van der Waals surface area contributed by atoms with Crippen molar-refractivity contribution < 1.29 is 0 Å². The molecule has 0 atom stereocenters. The number of pyridine rings is 1. The molecule has 0 unspecified atom stereocenters. The average Bonchev–Trinajstić information content (AvgIpc) is 2.33. The lowest BCUT2D eigenvalue weighted by Gasteiger charge is -2.18. The van der Waals surface area contributed by atoms with Crippen molar-refractivity contribution >= 4 is 23.1 Å². The first-order valence-corrected chi connectivity index (χ1v) is 5.70. The second-order valence-electron chi connectivity index (χ2n) is 3.93. The summed E-state index contributed by atoms with van der Waals surface area (Å²) in [5, 5.41) is 0.648. The maximum atomic E-state index is 5.80. The molecular weight excluding hydrogens is 234 g/mol. The summed E-state index contributed by atoms with van der Waals surface area (Å²) in [5.41, 5.74) is 7.62. The molecule has 88 valence electrons. The third-order valence-electron chi connectivity index (χ3n) is 2.50. The number of anilines is 2. The molecule has 0 aliphatic heterocycles. The number of nitrogens with zero attached hydrogens (tertiary/aromatic N) is 2. The van der Waals surface area contributed by atoms with E-state index in [9.17, 15) is 0 Å². The van der Waals surface area contributed by atoms with Crippen LogP contribution >= 0.6 is 11.6 Å². The first-order chi connectivity index (χ1) is 8.15. The van der Waals surface area contributed by atoms with Crippen LogP contribution in [0.2, 0.25) is 5.02 Å². The third kappa shape index (κ3) is 3.11. The van der Waals surface area contributed by atoms with Crippen LogP contribution < -0.4 is 10.6 Å². The lowest BCUT2D eigenvalue weighted by molar-refractivity contribution is 0.898. The van der Waals surface area contributed by atoms with Crippen LogP contribution in [-0.4, -0.2) is 12.0 Å². The Morgan fingerprint density at radius 1 is 1.18 bits per heavy atom. The molecule has 0 aliphatic carbocycles. The minimum atomic E-state index is 0.648. The summed E-state index contributed by atoms with van der Waals surface area (Å²) < 4.78 is 0. The minimum Gasteiger partial charge on any atom is -0.399 e. The summed E-state index contributed by atoms with van der Waals surface area (Å²) in [5.74, 6) is 0.895.